The minimum Gasteiger partial charge on any atom is -0.326 e. The number of ketones is 1. The van der Waals surface area contributed by atoms with E-state index in [9.17, 15) is 9.59 Å². The van der Waals surface area contributed by atoms with Crippen molar-refractivity contribution < 1.29 is 9.59 Å². The standard InChI is InChI=1S/C26H23N3O2/c1-17(2)26(31)27-21-10-6-9-19(15-21)25(30)20-12-13-22-23(28-29-24(22)16-20)14-11-18-7-4-3-5-8-18/h3-17H,1-2H3,(H,27,31)(H,28,29). The lowest BCUT2D eigenvalue weighted by molar-refractivity contribution is -0.118. The van der Waals surface area contributed by atoms with E-state index in [0.29, 0.717) is 16.8 Å². The van der Waals surface area contributed by atoms with Crippen LogP contribution in [0.3, 0.4) is 0 Å². The van der Waals surface area contributed by atoms with Gasteiger partial charge in [-0.2, -0.15) is 5.10 Å². The topological polar surface area (TPSA) is 74.8 Å². The van der Waals surface area contributed by atoms with Crippen molar-refractivity contribution in [3.8, 4) is 0 Å². The van der Waals surface area contributed by atoms with Crippen LogP contribution in [0.25, 0.3) is 23.1 Å². The maximum atomic E-state index is 13.0. The third-order valence-electron chi connectivity index (χ3n) is 5.00. The molecule has 0 aliphatic carbocycles. The van der Waals surface area contributed by atoms with Gasteiger partial charge in [0.2, 0.25) is 5.91 Å². The number of H-pyrrole nitrogens is 1. The van der Waals surface area contributed by atoms with E-state index in [1.54, 1.807) is 30.3 Å². The summed E-state index contributed by atoms with van der Waals surface area (Å²) in [5, 5.41) is 11.2. The van der Waals surface area contributed by atoms with Gasteiger partial charge in [0, 0.05) is 28.1 Å². The van der Waals surface area contributed by atoms with Crippen molar-refractivity contribution in [1.29, 1.82) is 0 Å². The molecule has 0 saturated heterocycles. The first-order valence-electron chi connectivity index (χ1n) is 10.2. The highest BCUT2D eigenvalue weighted by atomic mass is 16.1. The molecule has 5 nitrogen and oxygen atoms in total. The second-order valence-electron chi connectivity index (χ2n) is 7.67. The number of fused-ring (bicyclic) bond motifs is 1. The zero-order chi connectivity index (χ0) is 21.8. The Hall–Kier alpha value is -3.99. The third kappa shape index (κ3) is 4.61. The molecule has 0 aliphatic rings. The fraction of sp³-hybridized carbons (Fsp3) is 0.115. The largest absolute Gasteiger partial charge is 0.326 e. The van der Waals surface area contributed by atoms with Crippen LogP contribution in [0.15, 0.2) is 72.8 Å². The molecular weight excluding hydrogens is 386 g/mol. The van der Waals surface area contributed by atoms with Crippen LogP contribution in [0.1, 0.15) is 41.0 Å². The first kappa shape index (κ1) is 20.3. The Morgan fingerprint density at radius 1 is 0.903 bits per heavy atom. The summed E-state index contributed by atoms with van der Waals surface area (Å²) in [7, 11) is 0. The molecule has 5 heteroatoms. The van der Waals surface area contributed by atoms with Crippen LogP contribution in [0.2, 0.25) is 0 Å². The van der Waals surface area contributed by atoms with Crippen LogP contribution in [-0.2, 0) is 4.79 Å². The summed E-state index contributed by atoms with van der Waals surface area (Å²) in [5.41, 5.74) is 4.39. The SMILES string of the molecule is CC(C)C(=O)Nc1cccc(C(=O)c2ccc3c(C=Cc4ccccc4)n[nH]c3c2)c1. The van der Waals surface area contributed by atoms with Gasteiger partial charge in [0.05, 0.1) is 11.2 Å². The number of aromatic amines is 1. The van der Waals surface area contributed by atoms with Crippen molar-refractivity contribution in [1.82, 2.24) is 10.2 Å². The number of aromatic nitrogens is 2. The summed E-state index contributed by atoms with van der Waals surface area (Å²) in [4.78, 5) is 25.0. The Kier molecular flexibility index (Phi) is 5.76. The molecule has 31 heavy (non-hydrogen) atoms. The van der Waals surface area contributed by atoms with Crippen molar-refractivity contribution in [2.24, 2.45) is 5.92 Å². The number of anilines is 1. The van der Waals surface area contributed by atoms with Crippen LogP contribution < -0.4 is 5.32 Å². The van der Waals surface area contributed by atoms with Crippen LogP contribution in [0.4, 0.5) is 5.69 Å². The Morgan fingerprint density at radius 2 is 1.68 bits per heavy atom. The molecule has 0 unspecified atom stereocenters. The number of nitrogens with one attached hydrogen (secondary N) is 2. The Balaban J connectivity index is 1.57. The molecule has 0 fully saturated rings. The molecule has 2 N–H and O–H groups in total. The lowest BCUT2D eigenvalue weighted by Gasteiger charge is -2.09. The maximum absolute atomic E-state index is 13.0. The number of rotatable bonds is 6. The van der Waals surface area contributed by atoms with Gasteiger partial charge in [-0.3, -0.25) is 14.7 Å². The van der Waals surface area contributed by atoms with Gasteiger partial charge in [-0.15, -0.1) is 0 Å². The highest BCUT2D eigenvalue weighted by Gasteiger charge is 2.13. The maximum Gasteiger partial charge on any atom is 0.226 e. The lowest BCUT2D eigenvalue weighted by Crippen LogP contribution is -2.18. The average Bonchev–Trinajstić information content (AvgIpc) is 3.20. The fourth-order valence-corrected chi connectivity index (χ4v) is 3.24. The smallest absolute Gasteiger partial charge is 0.226 e. The summed E-state index contributed by atoms with van der Waals surface area (Å²) in [6, 6.07) is 22.5. The van der Waals surface area contributed by atoms with E-state index in [1.165, 1.54) is 0 Å². The van der Waals surface area contributed by atoms with Gasteiger partial charge in [0.15, 0.2) is 5.78 Å². The van der Waals surface area contributed by atoms with E-state index in [1.807, 2.05) is 68.5 Å². The van der Waals surface area contributed by atoms with E-state index in [4.69, 9.17) is 0 Å². The molecule has 0 radical (unpaired) electrons. The molecule has 4 rings (SSSR count). The van der Waals surface area contributed by atoms with Gasteiger partial charge in [0.1, 0.15) is 0 Å². The second kappa shape index (κ2) is 8.79. The Bertz CT molecular complexity index is 1270. The van der Waals surface area contributed by atoms with Crippen LogP contribution in [0.5, 0.6) is 0 Å². The predicted octanol–water partition coefficient (Wildman–Crippen LogP) is 5.56. The van der Waals surface area contributed by atoms with Gasteiger partial charge in [-0.25, -0.2) is 0 Å². The molecule has 4 aromatic rings. The summed E-state index contributed by atoms with van der Waals surface area (Å²) in [6.45, 7) is 3.65. The predicted molar refractivity (Wildman–Crippen MR) is 125 cm³/mol. The Labute approximate surface area is 180 Å². The molecule has 1 heterocycles. The van der Waals surface area contributed by atoms with E-state index in [2.05, 4.69) is 15.5 Å². The van der Waals surface area contributed by atoms with Crippen LogP contribution >= 0.6 is 0 Å². The first-order valence-corrected chi connectivity index (χ1v) is 10.2. The van der Waals surface area contributed by atoms with Crippen molar-refractivity contribution in [3.63, 3.8) is 0 Å². The number of carbonyl (C=O) groups excluding carboxylic acids is 2. The summed E-state index contributed by atoms with van der Waals surface area (Å²) in [6.07, 6.45) is 3.96. The third-order valence-corrected chi connectivity index (χ3v) is 5.00. The van der Waals surface area contributed by atoms with E-state index >= 15 is 0 Å². The lowest BCUT2D eigenvalue weighted by atomic mass is 10.0. The van der Waals surface area contributed by atoms with Gasteiger partial charge in [0.25, 0.3) is 0 Å². The fourth-order valence-electron chi connectivity index (χ4n) is 3.24. The molecule has 0 bridgehead atoms. The molecule has 0 saturated carbocycles. The summed E-state index contributed by atoms with van der Waals surface area (Å²) in [5.74, 6) is -0.328. The van der Waals surface area contributed by atoms with Crippen molar-refractivity contribution in [2.45, 2.75) is 13.8 Å². The zero-order valence-electron chi connectivity index (χ0n) is 17.4. The molecule has 1 aromatic heterocycles. The molecule has 3 aromatic carbocycles. The number of hydrogen-bond acceptors (Lipinski definition) is 3. The minimum atomic E-state index is -0.132. The molecule has 1 amide bonds. The zero-order valence-corrected chi connectivity index (χ0v) is 17.4. The second-order valence-corrected chi connectivity index (χ2v) is 7.67. The van der Waals surface area contributed by atoms with Crippen molar-refractivity contribution >= 4 is 40.4 Å². The van der Waals surface area contributed by atoms with Crippen LogP contribution in [-0.4, -0.2) is 21.9 Å². The van der Waals surface area contributed by atoms with Gasteiger partial charge in [-0.05, 0) is 35.9 Å². The average molecular weight is 409 g/mol. The molecule has 0 spiro atoms. The van der Waals surface area contributed by atoms with Crippen molar-refractivity contribution in [2.75, 3.05) is 5.32 Å². The molecule has 154 valence electrons. The van der Waals surface area contributed by atoms with Crippen LogP contribution in [0, 0.1) is 5.92 Å². The monoisotopic (exact) mass is 409 g/mol. The first-order chi connectivity index (χ1) is 15.0. The highest BCUT2D eigenvalue weighted by Crippen LogP contribution is 2.22. The number of carbonyl (C=O) groups is 2. The van der Waals surface area contributed by atoms with Gasteiger partial charge < -0.3 is 5.32 Å². The molecular formula is C26H23N3O2. The van der Waals surface area contributed by atoms with Gasteiger partial charge >= 0.3 is 0 Å². The van der Waals surface area contributed by atoms with E-state index in [0.717, 1.165) is 22.2 Å². The molecule has 0 aliphatic heterocycles. The quantitative estimate of drug-likeness (QED) is 0.410. The number of amides is 1. The number of benzene rings is 3. The highest BCUT2D eigenvalue weighted by molar-refractivity contribution is 6.11. The summed E-state index contributed by atoms with van der Waals surface area (Å²) < 4.78 is 0. The Morgan fingerprint density at radius 3 is 2.45 bits per heavy atom. The van der Waals surface area contributed by atoms with Crippen molar-refractivity contribution in [3.05, 3.63) is 95.2 Å². The van der Waals surface area contributed by atoms with E-state index < -0.39 is 0 Å². The van der Waals surface area contributed by atoms with Gasteiger partial charge in [-0.1, -0.05) is 68.5 Å². The summed E-state index contributed by atoms with van der Waals surface area (Å²) >= 11 is 0. The number of nitrogens with zero attached hydrogens (tertiary/aromatic N) is 1. The number of hydrogen-bond donors (Lipinski definition) is 2. The van der Waals surface area contributed by atoms with E-state index in [-0.39, 0.29) is 17.6 Å². The normalized spacial score (nSPS) is 11.3. The molecule has 0 atom stereocenters. The minimum absolute atomic E-state index is 0.0837.